The number of ether oxygens (including phenoxy) is 1. The van der Waals surface area contributed by atoms with Crippen molar-refractivity contribution in [2.24, 2.45) is 0 Å². The Hall–Kier alpha value is -0.380. The van der Waals surface area contributed by atoms with E-state index in [1.807, 2.05) is 18.2 Å². The zero-order valence-corrected chi connectivity index (χ0v) is 8.04. The first kappa shape index (κ1) is 8.23. The third-order valence-electron chi connectivity index (χ3n) is 2.00. The number of benzene rings is 1. The molecule has 0 fully saturated rings. The summed E-state index contributed by atoms with van der Waals surface area (Å²) in [5.41, 5.74) is 2.06. The minimum absolute atomic E-state index is 0.406. The van der Waals surface area contributed by atoms with E-state index in [0.29, 0.717) is 13.2 Å². The Balaban J connectivity index is 2.47. The summed E-state index contributed by atoms with van der Waals surface area (Å²) >= 11 is 3.37. The molecule has 64 valence electrons. The van der Waals surface area contributed by atoms with Gasteiger partial charge in [-0.15, -0.1) is 0 Å². The van der Waals surface area contributed by atoms with E-state index in [2.05, 4.69) is 15.9 Å². The van der Waals surface area contributed by atoms with E-state index in [0.717, 1.165) is 15.6 Å². The molecule has 0 aromatic heterocycles. The van der Waals surface area contributed by atoms with Crippen molar-refractivity contribution in [3.8, 4) is 0 Å². The summed E-state index contributed by atoms with van der Waals surface area (Å²) in [7, 11) is 0. The highest BCUT2D eigenvalue weighted by Gasteiger charge is 2.17. The maximum atomic E-state index is 9.54. The molecule has 1 aliphatic rings. The highest BCUT2D eigenvalue weighted by atomic mass is 79.9. The van der Waals surface area contributed by atoms with Gasteiger partial charge in [0.1, 0.15) is 6.10 Å². The maximum Gasteiger partial charge on any atom is 0.103 e. The molecule has 2 nitrogen and oxygen atoms in total. The molecule has 0 bridgehead atoms. The number of hydrogen-bond acceptors (Lipinski definition) is 2. The maximum absolute atomic E-state index is 9.54. The Morgan fingerprint density at radius 2 is 2.33 bits per heavy atom. The number of hydrogen-bond donors (Lipinski definition) is 1. The average Bonchev–Trinajstić information content (AvgIpc) is 2.07. The lowest BCUT2D eigenvalue weighted by atomic mass is 10.0. The standard InChI is InChI=1S/C9H9BrO2/c10-7-2-1-6-4-12-5-9(11)8(6)3-7/h1-3,9,11H,4-5H2. The SMILES string of the molecule is OC1COCc2ccc(Br)cc21. The van der Waals surface area contributed by atoms with Crippen LogP contribution in [0.25, 0.3) is 0 Å². The summed E-state index contributed by atoms with van der Waals surface area (Å²) in [5, 5.41) is 9.54. The normalized spacial score (nSPS) is 22.0. The molecule has 1 aromatic rings. The number of aliphatic hydroxyl groups is 1. The number of fused-ring (bicyclic) bond motifs is 1. The van der Waals surface area contributed by atoms with Crippen LogP contribution < -0.4 is 0 Å². The predicted molar refractivity (Wildman–Crippen MR) is 48.8 cm³/mol. The van der Waals surface area contributed by atoms with Crippen LogP contribution in [0.3, 0.4) is 0 Å². The van der Waals surface area contributed by atoms with Crippen molar-refractivity contribution in [1.82, 2.24) is 0 Å². The number of aliphatic hydroxyl groups excluding tert-OH is 1. The van der Waals surface area contributed by atoms with Crippen molar-refractivity contribution in [2.75, 3.05) is 6.61 Å². The van der Waals surface area contributed by atoms with Gasteiger partial charge < -0.3 is 9.84 Å². The van der Waals surface area contributed by atoms with Gasteiger partial charge >= 0.3 is 0 Å². The van der Waals surface area contributed by atoms with Crippen molar-refractivity contribution in [2.45, 2.75) is 12.7 Å². The second kappa shape index (κ2) is 3.17. The van der Waals surface area contributed by atoms with Crippen LogP contribution in [-0.4, -0.2) is 11.7 Å². The Kier molecular flexibility index (Phi) is 2.17. The van der Waals surface area contributed by atoms with Crippen molar-refractivity contribution in [3.05, 3.63) is 33.8 Å². The lowest BCUT2D eigenvalue weighted by Crippen LogP contribution is -2.15. The third kappa shape index (κ3) is 1.40. The zero-order chi connectivity index (χ0) is 8.55. The molecule has 0 spiro atoms. The van der Waals surface area contributed by atoms with Gasteiger partial charge in [-0.25, -0.2) is 0 Å². The molecule has 0 saturated carbocycles. The van der Waals surface area contributed by atoms with Crippen molar-refractivity contribution in [1.29, 1.82) is 0 Å². The second-order valence-corrected chi connectivity index (χ2v) is 3.79. The summed E-state index contributed by atoms with van der Waals surface area (Å²) in [4.78, 5) is 0. The Labute approximate surface area is 79.3 Å². The molecular weight excluding hydrogens is 220 g/mol. The van der Waals surface area contributed by atoms with E-state index < -0.39 is 6.10 Å². The summed E-state index contributed by atoms with van der Waals surface area (Å²) in [6.45, 7) is 1.02. The molecule has 1 aliphatic heterocycles. The molecule has 2 rings (SSSR count). The summed E-state index contributed by atoms with van der Waals surface area (Å²) < 4.78 is 6.18. The van der Waals surface area contributed by atoms with Gasteiger partial charge in [0.15, 0.2) is 0 Å². The van der Waals surface area contributed by atoms with E-state index in [1.54, 1.807) is 0 Å². The zero-order valence-electron chi connectivity index (χ0n) is 6.46. The summed E-state index contributed by atoms with van der Waals surface area (Å²) in [6, 6.07) is 5.88. The van der Waals surface area contributed by atoms with Gasteiger partial charge in [-0.2, -0.15) is 0 Å². The molecule has 1 heterocycles. The summed E-state index contributed by atoms with van der Waals surface area (Å²) in [5.74, 6) is 0. The van der Waals surface area contributed by atoms with Crippen molar-refractivity contribution in [3.63, 3.8) is 0 Å². The van der Waals surface area contributed by atoms with Gasteiger partial charge in [0, 0.05) is 4.47 Å². The molecule has 12 heavy (non-hydrogen) atoms. The van der Waals surface area contributed by atoms with Crippen LogP contribution in [0.5, 0.6) is 0 Å². The minimum atomic E-state index is -0.466. The molecule has 1 N–H and O–H groups in total. The van der Waals surface area contributed by atoms with Gasteiger partial charge in [-0.1, -0.05) is 22.0 Å². The lowest BCUT2D eigenvalue weighted by molar-refractivity contribution is 0.00976. The highest BCUT2D eigenvalue weighted by molar-refractivity contribution is 9.10. The molecule has 1 aromatic carbocycles. The van der Waals surface area contributed by atoms with Gasteiger partial charge in [-0.3, -0.25) is 0 Å². The van der Waals surface area contributed by atoms with Crippen LogP contribution in [0.15, 0.2) is 22.7 Å². The average molecular weight is 229 g/mol. The van der Waals surface area contributed by atoms with E-state index >= 15 is 0 Å². The van der Waals surface area contributed by atoms with Crippen LogP contribution in [0, 0.1) is 0 Å². The van der Waals surface area contributed by atoms with Crippen LogP contribution in [-0.2, 0) is 11.3 Å². The fourth-order valence-electron chi connectivity index (χ4n) is 1.38. The topological polar surface area (TPSA) is 29.5 Å². The Morgan fingerprint density at radius 3 is 3.17 bits per heavy atom. The number of rotatable bonds is 0. The van der Waals surface area contributed by atoms with Gasteiger partial charge in [0.2, 0.25) is 0 Å². The first-order valence-corrected chi connectivity index (χ1v) is 4.61. The first-order chi connectivity index (χ1) is 5.77. The molecule has 0 aliphatic carbocycles. The van der Waals surface area contributed by atoms with Crippen molar-refractivity contribution >= 4 is 15.9 Å². The lowest BCUT2D eigenvalue weighted by Gasteiger charge is -2.21. The fraction of sp³-hybridized carbons (Fsp3) is 0.333. The van der Waals surface area contributed by atoms with Crippen molar-refractivity contribution < 1.29 is 9.84 Å². The first-order valence-electron chi connectivity index (χ1n) is 3.81. The molecule has 1 atom stereocenters. The van der Waals surface area contributed by atoms with Crippen LogP contribution >= 0.6 is 15.9 Å². The molecular formula is C9H9BrO2. The number of halogens is 1. The summed E-state index contributed by atoms with van der Waals surface area (Å²) in [6.07, 6.45) is -0.466. The highest BCUT2D eigenvalue weighted by Crippen LogP contribution is 2.27. The smallest absolute Gasteiger partial charge is 0.103 e. The molecule has 0 radical (unpaired) electrons. The van der Waals surface area contributed by atoms with Gasteiger partial charge in [-0.05, 0) is 23.3 Å². The second-order valence-electron chi connectivity index (χ2n) is 2.87. The van der Waals surface area contributed by atoms with E-state index in [-0.39, 0.29) is 0 Å². The van der Waals surface area contributed by atoms with E-state index in [4.69, 9.17) is 4.74 Å². The molecule has 0 amide bonds. The Morgan fingerprint density at radius 1 is 1.50 bits per heavy atom. The monoisotopic (exact) mass is 228 g/mol. The van der Waals surface area contributed by atoms with E-state index in [9.17, 15) is 5.11 Å². The largest absolute Gasteiger partial charge is 0.386 e. The van der Waals surface area contributed by atoms with Gasteiger partial charge in [0.25, 0.3) is 0 Å². The third-order valence-corrected chi connectivity index (χ3v) is 2.49. The minimum Gasteiger partial charge on any atom is -0.386 e. The Bertz CT molecular complexity index is 299. The predicted octanol–water partition coefficient (Wildman–Crippen LogP) is 2.01. The molecule has 3 heteroatoms. The van der Waals surface area contributed by atoms with Gasteiger partial charge in [0.05, 0.1) is 13.2 Å². The quantitative estimate of drug-likeness (QED) is 0.737. The van der Waals surface area contributed by atoms with Crippen LogP contribution in [0.2, 0.25) is 0 Å². The molecule has 0 saturated heterocycles. The molecule has 1 unspecified atom stereocenters. The van der Waals surface area contributed by atoms with E-state index in [1.165, 1.54) is 0 Å². The fourth-order valence-corrected chi connectivity index (χ4v) is 1.76. The van der Waals surface area contributed by atoms with Crippen LogP contribution in [0.1, 0.15) is 17.2 Å². The van der Waals surface area contributed by atoms with Crippen LogP contribution in [0.4, 0.5) is 0 Å².